The Bertz CT molecular complexity index is 1240. The molecule has 35 heavy (non-hydrogen) atoms. The van der Waals surface area contributed by atoms with Crippen LogP contribution in [0, 0.1) is 0 Å². The molecule has 2 amide bonds. The molecular weight excluding hydrogens is 458 g/mol. The highest BCUT2D eigenvalue weighted by Gasteiger charge is 2.26. The highest BCUT2D eigenvalue weighted by molar-refractivity contribution is 7.99. The van der Waals surface area contributed by atoms with E-state index in [4.69, 9.17) is 4.99 Å². The van der Waals surface area contributed by atoms with E-state index in [0.717, 1.165) is 35.1 Å². The molecule has 3 aromatic rings. The predicted molar refractivity (Wildman–Crippen MR) is 137 cm³/mol. The summed E-state index contributed by atoms with van der Waals surface area (Å²) in [6.45, 7) is 3.27. The van der Waals surface area contributed by atoms with Gasteiger partial charge in [0.05, 0.1) is 11.3 Å². The van der Waals surface area contributed by atoms with Crippen LogP contribution in [0.25, 0.3) is 0 Å². The molecule has 0 bridgehead atoms. The van der Waals surface area contributed by atoms with Crippen LogP contribution >= 0.6 is 11.8 Å². The molecule has 178 valence electrons. The largest absolute Gasteiger partial charge is 0.353 e. The van der Waals surface area contributed by atoms with E-state index < -0.39 is 0 Å². The summed E-state index contributed by atoms with van der Waals surface area (Å²) < 4.78 is 0. The maximum atomic E-state index is 12.8. The van der Waals surface area contributed by atoms with E-state index in [1.807, 2.05) is 17.0 Å². The molecule has 5 rings (SSSR count). The van der Waals surface area contributed by atoms with Crippen molar-refractivity contribution in [3.63, 3.8) is 0 Å². The summed E-state index contributed by atoms with van der Waals surface area (Å²) >= 11 is 1.75. The highest BCUT2D eigenvalue weighted by Crippen LogP contribution is 2.40. The van der Waals surface area contributed by atoms with Crippen molar-refractivity contribution in [2.75, 3.05) is 32.7 Å². The van der Waals surface area contributed by atoms with Crippen LogP contribution in [-0.2, 0) is 4.79 Å². The van der Waals surface area contributed by atoms with Gasteiger partial charge in [0.2, 0.25) is 5.91 Å². The molecule has 7 nitrogen and oxygen atoms in total. The van der Waals surface area contributed by atoms with E-state index in [1.165, 1.54) is 11.1 Å². The minimum atomic E-state index is -0.164. The van der Waals surface area contributed by atoms with Crippen LogP contribution in [0.5, 0.6) is 0 Å². The Morgan fingerprint density at radius 2 is 1.69 bits per heavy atom. The van der Waals surface area contributed by atoms with Gasteiger partial charge in [0.15, 0.2) is 0 Å². The molecule has 0 saturated carbocycles. The third-order valence-electron chi connectivity index (χ3n) is 6.15. The minimum absolute atomic E-state index is 0.129. The van der Waals surface area contributed by atoms with Crippen molar-refractivity contribution in [3.8, 4) is 0 Å². The number of hydrogen-bond acceptors (Lipinski definition) is 6. The Morgan fingerprint density at radius 1 is 0.914 bits per heavy atom. The first-order valence-corrected chi connectivity index (χ1v) is 12.7. The lowest BCUT2D eigenvalue weighted by molar-refractivity contribution is -0.132. The Morgan fingerprint density at radius 3 is 2.49 bits per heavy atom. The number of piperazine rings is 1. The zero-order valence-corrected chi connectivity index (χ0v) is 20.2. The lowest BCUT2D eigenvalue weighted by atomic mass is 10.1. The molecule has 2 aliphatic heterocycles. The summed E-state index contributed by atoms with van der Waals surface area (Å²) in [6, 6.07) is 20.1. The third kappa shape index (κ3) is 5.38. The first kappa shape index (κ1) is 23.1. The Kier molecular flexibility index (Phi) is 7.09. The van der Waals surface area contributed by atoms with Gasteiger partial charge in [-0.25, -0.2) is 4.99 Å². The Labute approximate surface area is 209 Å². The zero-order valence-electron chi connectivity index (χ0n) is 19.4. The van der Waals surface area contributed by atoms with Crippen molar-refractivity contribution >= 4 is 35.1 Å². The van der Waals surface area contributed by atoms with Gasteiger partial charge < -0.3 is 15.1 Å². The number of amidine groups is 1. The monoisotopic (exact) mass is 485 g/mol. The third-order valence-corrected chi connectivity index (χ3v) is 7.29. The number of aliphatic imine (C=N–C) groups is 1. The normalized spacial score (nSPS) is 14.9. The highest BCUT2D eigenvalue weighted by atomic mass is 32.2. The van der Waals surface area contributed by atoms with E-state index in [1.54, 1.807) is 30.1 Å². The van der Waals surface area contributed by atoms with Gasteiger partial charge in [0.1, 0.15) is 5.84 Å². The average molecular weight is 486 g/mol. The number of benzene rings is 2. The molecule has 1 fully saturated rings. The van der Waals surface area contributed by atoms with Gasteiger partial charge >= 0.3 is 0 Å². The molecule has 2 aromatic carbocycles. The lowest BCUT2D eigenvalue weighted by Gasteiger charge is -2.36. The lowest BCUT2D eigenvalue weighted by Crippen LogP contribution is -2.50. The number of para-hydroxylation sites is 1. The zero-order chi connectivity index (χ0) is 24.0. The maximum Gasteiger partial charge on any atom is 0.252 e. The molecule has 0 aliphatic carbocycles. The van der Waals surface area contributed by atoms with E-state index >= 15 is 0 Å². The summed E-state index contributed by atoms with van der Waals surface area (Å²) in [4.78, 5) is 40.4. The SMILES string of the molecule is O=C(NCCCC(=O)N1CCN(C2=Nc3ccccc3Sc3ccccc32)CC1)c1cccnc1. The molecule has 0 spiro atoms. The van der Waals surface area contributed by atoms with E-state index in [0.29, 0.717) is 38.0 Å². The van der Waals surface area contributed by atoms with Crippen LogP contribution in [0.3, 0.4) is 0 Å². The predicted octanol–water partition coefficient (Wildman–Crippen LogP) is 3.98. The number of nitrogens with one attached hydrogen (secondary N) is 1. The molecule has 0 atom stereocenters. The molecular formula is C27H27N5O2S. The van der Waals surface area contributed by atoms with Crippen molar-refractivity contribution in [1.82, 2.24) is 20.1 Å². The number of aromatic nitrogens is 1. The average Bonchev–Trinajstić information content (AvgIpc) is 3.08. The molecule has 2 aliphatic rings. The number of nitrogens with zero attached hydrogens (tertiary/aromatic N) is 4. The van der Waals surface area contributed by atoms with Crippen molar-refractivity contribution in [1.29, 1.82) is 0 Å². The summed E-state index contributed by atoms with van der Waals surface area (Å²) in [5, 5.41) is 2.86. The second-order valence-electron chi connectivity index (χ2n) is 8.47. The van der Waals surface area contributed by atoms with E-state index in [2.05, 4.69) is 51.6 Å². The number of pyridine rings is 1. The van der Waals surface area contributed by atoms with Crippen LogP contribution in [-0.4, -0.2) is 65.2 Å². The fraction of sp³-hybridized carbons (Fsp3) is 0.259. The minimum Gasteiger partial charge on any atom is -0.353 e. The number of rotatable bonds is 5. The fourth-order valence-electron chi connectivity index (χ4n) is 4.28. The van der Waals surface area contributed by atoms with Crippen LogP contribution in [0.2, 0.25) is 0 Å². The Hall–Kier alpha value is -3.65. The smallest absolute Gasteiger partial charge is 0.252 e. The summed E-state index contributed by atoms with van der Waals surface area (Å²) in [7, 11) is 0. The summed E-state index contributed by atoms with van der Waals surface area (Å²) in [5.74, 6) is 0.941. The molecule has 1 saturated heterocycles. The number of amides is 2. The standard InChI is InChI=1S/C27H27N5O2S/c33-25(12-6-14-29-27(34)20-7-5-13-28-19-20)31-15-17-32(18-16-31)26-21-8-1-3-10-23(21)35-24-11-4-2-9-22(24)30-26/h1-5,7-11,13,19H,6,12,14-18H2,(H,29,34). The van der Waals surface area contributed by atoms with Crippen molar-refractivity contribution in [2.45, 2.75) is 22.6 Å². The molecule has 1 N–H and O–H groups in total. The summed E-state index contributed by atoms with van der Waals surface area (Å²) in [5.41, 5.74) is 2.65. The fourth-order valence-corrected chi connectivity index (χ4v) is 5.29. The van der Waals surface area contributed by atoms with Gasteiger partial charge in [-0.05, 0) is 36.8 Å². The van der Waals surface area contributed by atoms with Crippen LogP contribution < -0.4 is 5.32 Å². The topological polar surface area (TPSA) is 77.9 Å². The van der Waals surface area contributed by atoms with Gasteiger partial charge in [-0.2, -0.15) is 0 Å². The number of carbonyl (C=O) groups excluding carboxylic acids is 2. The van der Waals surface area contributed by atoms with Crippen LogP contribution in [0.15, 0.2) is 87.8 Å². The van der Waals surface area contributed by atoms with Gasteiger partial charge in [-0.3, -0.25) is 14.6 Å². The van der Waals surface area contributed by atoms with Gasteiger partial charge in [0.25, 0.3) is 5.91 Å². The van der Waals surface area contributed by atoms with Crippen LogP contribution in [0.1, 0.15) is 28.8 Å². The molecule has 1 aromatic heterocycles. The first-order chi connectivity index (χ1) is 17.2. The number of fused-ring (bicyclic) bond motifs is 2. The molecule has 8 heteroatoms. The summed E-state index contributed by atoms with van der Waals surface area (Å²) in [6.07, 6.45) is 4.20. The van der Waals surface area contributed by atoms with Crippen molar-refractivity contribution < 1.29 is 9.59 Å². The van der Waals surface area contributed by atoms with E-state index in [9.17, 15) is 9.59 Å². The number of carbonyl (C=O) groups is 2. The number of hydrogen-bond donors (Lipinski definition) is 1. The second-order valence-corrected chi connectivity index (χ2v) is 9.55. The second kappa shape index (κ2) is 10.7. The van der Waals surface area contributed by atoms with E-state index in [-0.39, 0.29) is 11.8 Å². The maximum absolute atomic E-state index is 12.8. The molecule has 0 radical (unpaired) electrons. The first-order valence-electron chi connectivity index (χ1n) is 11.8. The van der Waals surface area contributed by atoms with Crippen molar-refractivity contribution in [3.05, 3.63) is 84.2 Å². The van der Waals surface area contributed by atoms with Gasteiger partial charge in [-0.15, -0.1) is 0 Å². The Balaban J connectivity index is 1.16. The van der Waals surface area contributed by atoms with Gasteiger partial charge in [0, 0.05) is 66.9 Å². The quantitative estimate of drug-likeness (QED) is 0.553. The van der Waals surface area contributed by atoms with Crippen LogP contribution in [0.4, 0.5) is 5.69 Å². The molecule has 3 heterocycles. The van der Waals surface area contributed by atoms with Crippen molar-refractivity contribution in [2.24, 2.45) is 4.99 Å². The van der Waals surface area contributed by atoms with Gasteiger partial charge in [-0.1, -0.05) is 42.1 Å². The molecule has 0 unspecified atom stereocenters.